The van der Waals surface area contributed by atoms with Crippen molar-refractivity contribution in [2.75, 3.05) is 9.80 Å². The highest BCUT2D eigenvalue weighted by Crippen LogP contribution is 2.56. The third kappa shape index (κ3) is 5.23. The van der Waals surface area contributed by atoms with Crippen LogP contribution in [0.15, 0.2) is 194 Å². The zero-order valence-electron chi connectivity index (χ0n) is 34.8. The highest BCUT2D eigenvalue weighted by Gasteiger charge is 2.38. The summed E-state index contributed by atoms with van der Waals surface area (Å²) < 4.78 is 7.33. The van der Waals surface area contributed by atoms with Crippen LogP contribution in [0.3, 0.4) is 0 Å². The van der Waals surface area contributed by atoms with Crippen LogP contribution < -0.4 is 14.5 Å². The fourth-order valence-corrected chi connectivity index (χ4v) is 10.6. The molecule has 3 nitrogen and oxygen atoms in total. The van der Waals surface area contributed by atoms with Gasteiger partial charge < -0.3 is 14.5 Å². The van der Waals surface area contributed by atoms with Gasteiger partial charge in [-0.05, 0) is 116 Å². The second kappa shape index (κ2) is 13.1. The zero-order chi connectivity index (χ0) is 41.0. The Morgan fingerprint density at radius 2 is 0.836 bits per heavy atom. The summed E-state index contributed by atoms with van der Waals surface area (Å²) in [6.07, 6.45) is 0. The predicted molar refractivity (Wildman–Crippen MR) is 254 cm³/mol. The van der Waals surface area contributed by atoms with Gasteiger partial charge in [0.1, 0.15) is 5.75 Å². The van der Waals surface area contributed by atoms with Gasteiger partial charge in [-0.2, -0.15) is 0 Å². The third-order valence-electron chi connectivity index (χ3n) is 13.6. The van der Waals surface area contributed by atoms with Crippen molar-refractivity contribution in [1.82, 2.24) is 0 Å². The van der Waals surface area contributed by atoms with Crippen molar-refractivity contribution in [2.24, 2.45) is 0 Å². The molecule has 0 radical (unpaired) electrons. The quantitative estimate of drug-likeness (QED) is 0.167. The van der Waals surface area contributed by atoms with Crippen molar-refractivity contribution in [3.63, 3.8) is 0 Å². The maximum Gasteiger partial charge on any atom is 0.159 e. The lowest BCUT2D eigenvalue weighted by Gasteiger charge is -2.32. The molecule has 1 aliphatic heterocycles. The van der Waals surface area contributed by atoms with Crippen LogP contribution in [-0.4, -0.2) is 0 Å². The minimum atomic E-state index is -0.134. The summed E-state index contributed by atoms with van der Waals surface area (Å²) in [6, 6.07) is 70.9. The first-order chi connectivity index (χ1) is 29.8. The summed E-state index contributed by atoms with van der Waals surface area (Å²) in [7, 11) is 0. The number of nitrogens with zero attached hydrogens (tertiary/aromatic N) is 2. The van der Waals surface area contributed by atoms with Gasteiger partial charge in [-0.3, -0.25) is 0 Å². The van der Waals surface area contributed by atoms with Crippen LogP contribution in [0.4, 0.5) is 34.1 Å². The van der Waals surface area contributed by atoms with E-state index in [2.05, 4.69) is 232 Å². The number of rotatable bonds is 6. The van der Waals surface area contributed by atoms with E-state index in [1.807, 2.05) is 0 Å². The molecule has 61 heavy (non-hydrogen) atoms. The van der Waals surface area contributed by atoms with Gasteiger partial charge in [0.05, 0.1) is 11.4 Å². The topological polar surface area (TPSA) is 15.7 Å². The SMILES string of the molecule is CC1(C)c2ccccc2-c2ccc(N(c3ccccc3)c3cc4c5c(cccc5c3)-c3cccc(N(c5ccccc5)c5ccc6c(c5)C(C)(C)c5ccccc5-6)c3O4)cc21. The molecule has 12 rings (SSSR count). The first-order valence-electron chi connectivity index (χ1n) is 21.3. The summed E-state index contributed by atoms with van der Waals surface area (Å²) in [5.41, 5.74) is 19.1. The fourth-order valence-electron chi connectivity index (χ4n) is 10.6. The molecule has 9 aromatic rings. The normalized spacial score (nSPS) is 14.3. The van der Waals surface area contributed by atoms with Crippen LogP contribution in [-0.2, 0) is 10.8 Å². The van der Waals surface area contributed by atoms with Crippen LogP contribution in [0.1, 0.15) is 49.9 Å². The second-order valence-electron chi connectivity index (χ2n) is 17.7. The molecule has 3 heteroatoms. The van der Waals surface area contributed by atoms with Crippen LogP contribution in [0.25, 0.3) is 44.2 Å². The lowest BCUT2D eigenvalue weighted by atomic mass is 9.82. The molecule has 3 aliphatic rings. The molecular weight excluding hydrogens is 741 g/mol. The van der Waals surface area contributed by atoms with Crippen molar-refractivity contribution in [3.8, 4) is 44.9 Å². The maximum absolute atomic E-state index is 7.33. The van der Waals surface area contributed by atoms with E-state index >= 15 is 0 Å². The highest BCUT2D eigenvalue weighted by molar-refractivity contribution is 6.08. The Kier molecular flexibility index (Phi) is 7.62. The molecule has 1 heterocycles. The summed E-state index contributed by atoms with van der Waals surface area (Å²) >= 11 is 0. The smallest absolute Gasteiger partial charge is 0.159 e. The van der Waals surface area contributed by atoms with E-state index in [1.54, 1.807) is 0 Å². The largest absolute Gasteiger partial charge is 0.454 e. The lowest BCUT2D eigenvalue weighted by molar-refractivity contribution is 0.488. The van der Waals surface area contributed by atoms with Crippen molar-refractivity contribution in [3.05, 3.63) is 216 Å². The molecular formula is C58H44N2O. The highest BCUT2D eigenvalue weighted by atomic mass is 16.5. The fraction of sp³-hybridized carbons (Fsp3) is 0.103. The van der Waals surface area contributed by atoms with Gasteiger partial charge in [-0.25, -0.2) is 0 Å². The second-order valence-corrected chi connectivity index (χ2v) is 17.7. The van der Waals surface area contributed by atoms with Crippen LogP contribution in [0.5, 0.6) is 11.5 Å². The molecule has 0 fully saturated rings. The molecule has 0 aromatic heterocycles. The summed E-state index contributed by atoms with van der Waals surface area (Å²) in [5.74, 6) is 1.69. The predicted octanol–water partition coefficient (Wildman–Crippen LogP) is 16.2. The average molecular weight is 785 g/mol. The van der Waals surface area contributed by atoms with Crippen molar-refractivity contribution in [1.29, 1.82) is 0 Å². The van der Waals surface area contributed by atoms with Crippen molar-refractivity contribution < 1.29 is 4.74 Å². The Morgan fingerprint density at radius 3 is 1.46 bits per heavy atom. The van der Waals surface area contributed by atoms with E-state index in [-0.39, 0.29) is 10.8 Å². The minimum Gasteiger partial charge on any atom is -0.454 e. The third-order valence-corrected chi connectivity index (χ3v) is 13.6. The van der Waals surface area contributed by atoms with E-state index in [0.717, 1.165) is 62.0 Å². The molecule has 0 saturated carbocycles. The van der Waals surface area contributed by atoms with Gasteiger partial charge in [0, 0.05) is 50.6 Å². The van der Waals surface area contributed by atoms with E-state index in [4.69, 9.17) is 4.74 Å². The van der Waals surface area contributed by atoms with Crippen LogP contribution >= 0.6 is 0 Å². The van der Waals surface area contributed by atoms with E-state index in [9.17, 15) is 0 Å². The Morgan fingerprint density at radius 1 is 0.344 bits per heavy atom. The Labute approximate surface area is 357 Å². The van der Waals surface area contributed by atoms with Crippen LogP contribution in [0, 0.1) is 0 Å². The zero-order valence-corrected chi connectivity index (χ0v) is 34.8. The summed E-state index contributed by atoms with van der Waals surface area (Å²) in [4.78, 5) is 4.75. The molecule has 2 aliphatic carbocycles. The van der Waals surface area contributed by atoms with Gasteiger partial charge in [-0.1, -0.05) is 155 Å². The summed E-state index contributed by atoms with van der Waals surface area (Å²) in [6.45, 7) is 9.39. The average Bonchev–Trinajstić information content (AvgIpc) is 3.66. The van der Waals surface area contributed by atoms with Gasteiger partial charge >= 0.3 is 0 Å². The molecule has 0 bridgehead atoms. The Bertz CT molecular complexity index is 3240. The Hall–Kier alpha value is -7.36. The van der Waals surface area contributed by atoms with Gasteiger partial charge in [0.2, 0.25) is 0 Å². The number of hydrogen-bond acceptors (Lipinski definition) is 3. The first kappa shape index (κ1) is 35.6. The molecule has 0 saturated heterocycles. The van der Waals surface area contributed by atoms with Crippen molar-refractivity contribution >= 4 is 44.9 Å². The number of fused-ring (bicyclic) bond motifs is 8. The molecule has 0 unspecified atom stereocenters. The number of hydrogen-bond donors (Lipinski definition) is 0. The summed E-state index contributed by atoms with van der Waals surface area (Å²) in [5, 5.41) is 2.26. The van der Waals surface area contributed by atoms with Gasteiger partial charge in [0.15, 0.2) is 5.75 Å². The molecule has 0 N–H and O–H groups in total. The minimum absolute atomic E-state index is 0.124. The Balaban J connectivity index is 1.02. The van der Waals surface area contributed by atoms with Gasteiger partial charge in [-0.15, -0.1) is 0 Å². The van der Waals surface area contributed by atoms with Crippen LogP contribution in [0.2, 0.25) is 0 Å². The van der Waals surface area contributed by atoms with E-state index < -0.39 is 0 Å². The van der Waals surface area contributed by atoms with E-state index in [1.165, 1.54) is 50.1 Å². The molecule has 0 amide bonds. The lowest BCUT2D eigenvalue weighted by Crippen LogP contribution is -2.17. The molecule has 0 atom stereocenters. The number of anilines is 6. The van der Waals surface area contributed by atoms with Gasteiger partial charge in [0.25, 0.3) is 0 Å². The van der Waals surface area contributed by atoms with Crippen molar-refractivity contribution in [2.45, 2.75) is 38.5 Å². The maximum atomic E-state index is 7.33. The first-order valence-corrected chi connectivity index (χ1v) is 21.3. The standard InChI is InChI=1S/C58H44N2O/c1-57(2)49-26-13-11-22-43(49)45-31-29-40(34-51(45)57)59(38-18-7-5-8-19-38)42-33-37-17-15-24-47-48-25-16-28-53(56(48)61-54(36-42)55(37)47)60(39-20-9-6-10-21-39)41-30-32-46-44-23-12-14-27-50(44)58(3,4)52(46)35-41/h5-36H,1-4H3. The van der Waals surface area contributed by atoms with E-state index in [0.29, 0.717) is 0 Å². The number of ether oxygens (including phenoxy) is 1. The molecule has 0 spiro atoms. The number of benzene rings is 9. The monoisotopic (exact) mass is 784 g/mol. The molecule has 292 valence electrons. The molecule has 9 aromatic carbocycles. The number of para-hydroxylation sites is 3.